The quantitative estimate of drug-likeness (QED) is 0.843. The lowest BCUT2D eigenvalue weighted by Crippen LogP contribution is -2.41. The van der Waals surface area contributed by atoms with Crippen LogP contribution in [0.25, 0.3) is 6.20 Å². The molecule has 3 heterocycles. The van der Waals surface area contributed by atoms with Crippen molar-refractivity contribution in [3.05, 3.63) is 42.9 Å². The van der Waals surface area contributed by atoms with Crippen molar-refractivity contribution in [1.29, 1.82) is 0 Å². The summed E-state index contributed by atoms with van der Waals surface area (Å²) in [5.41, 5.74) is 7.44. The first-order chi connectivity index (χ1) is 11.7. The number of anilines is 2. The number of carbonyl (C=O) groups is 1. The number of nitrogens with zero attached hydrogens (tertiary/aromatic N) is 4. The summed E-state index contributed by atoms with van der Waals surface area (Å²) in [6.07, 6.45) is 9.00. The van der Waals surface area contributed by atoms with Gasteiger partial charge in [-0.05, 0) is 25.0 Å². The first-order valence-electron chi connectivity index (χ1n) is 8.05. The van der Waals surface area contributed by atoms with Crippen LogP contribution < -0.4 is 16.0 Å². The maximum absolute atomic E-state index is 11.4. The fraction of sp³-hybridized carbons (Fsp3) is 0.353. The predicted molar refractivity (Wildman–Crippen MR) is 94.3 cm³/mol. The van der Waals surface area contributed by atoms with Crippen LogP contribution in [0, 0.1) is 5.92 Å². The Morgan fingerprint density at radius 1 is 1.46 bits per heavy atom. The molecule has 0 aromatic carbocycles. The Balaban J connectivity index is 1.58. The second-order valence-corrected chi connectivity index (χ2v) is 5.96. The molecule has 2 aromatic heterocycles. The topological polar surface area (TPSA) is 89.1 Å². The van der Waals surface area contributed by atoms with Crippen LogP contribution in [-0.2, 0) is 11.3 Å². The van der Waals surface area contributed by atoms with Crippen LogP contribution in [0.3, 0.4) is 0 Å². The largest absolute Gasteiger partial charge is 0.380 e. The maximum Gasteiger partial charge on any atom is 0.222 e. The Bertz CT molecular complexity index is 708. The molecule has 7 heteroatoms. The van der Waals surface area contributed by atoms with Gasteiger partial charge >= 0.3 is 0 Å². The van der Waals surface area contributed by atoms with E-state index in [1.807, 2.05) is 18.3 Å². The van der Waals surface area contributed by atoms with Crippen LogP contribution >= 0.6 is 0 Å². The van der Waals surface area contributed by atoms with E-state index in [1.54, 1.807) is 23.3 Å². The average molecular weight is 326 g/mol. The molecule has 1 atom stereocenters. The molecule has 7 nitrogen and oxygen atoms in total. The first kappa shape index (κ1) is 16.0. The van der Waals surface area contributed by atoms with Gasteiger partial charge in [0.2, 0.25) is 5.91 Å². The molecule has 3 N–H and O–H groups in total. The zero-order valence-corrected chi connectivity index (χ0v) is 13.6. The molecule has 1 saturated heterocycles. The van der Waals surface area contributed by atoms with Gasteiger partial charge < -0.3 is 16.0 Å². The number of nitrogens with one attached hydrogen (secondary N) is 1. The Labute approximate surface area is 141 Å². The van der Waals surface area contributed by atoms with Crippen LogP contribution in [0.15, 0.2) is 37.3 Å². The van der Waals surface area contributed by atoms with Crippen molar-refractivity contribution in [2.45, 2.75) is 19.4 Å². The third kappa shape index (κ3) is 3.73. The minimum Gasteiger partial charge on any atom is -0.380 e. The van der Waals surface area contributed by atoms with E-state index >= 15 is 0 Å². The number of rotatable bonds is 6. The molecule has 1 amide bonds. The summed E-state index contributed by atoms with van der Waals surface area (Å²) in [4.78, 5) is 18.0. The summed E-state index contributed by atoms with van der Waals surface area (Å²) in [6, 6.07) is 3.97. The molecule has 0 spiro atoms. The number of primary amides is 1. The maximum atomic E-state index is 11.4. The SMILES string of the molecule is C=Cn1cc(CNc2ccc(N3CCCC(C(N)=O)C3)nc2)cn1. The molecule has 0 radical (unpaired) electrons. The number of pyridine rings is 1. The molecular formula is C17H22N6O. The van der Waals surface area contributed by atoms with Gasteiger partial charge in [-0.2, -0.15) is 5.10 Å². The minimum atomic E-state index is -0.224. The standard InChI is InChI=1S/C17H22N6O/c1-2-23-11-13(9-21-23)8-19-15-5-6-16(20-10-15)22-7-3-4-14(12-22)17(18)24/h2,5-6,9-11,14,19H,1,3-4,7-8,12H2,(H2,18,24). The van der Waals surface area contributed by atoms with Gasteiger partial charge in [0.05, 0.1) is 24.0 Å². The number of hydrogen-bond acceptors (Lipinski definition) is 5. The van der Waals surface area contributed by atoms with Gasteiger partial charge in [-0.1, -0.05) is 6.58 Å². The van der Waals surface area contributed by atoms with E-state index in [9.17, 15) is 4.79 Å². The Morgan fingerprint density at radius 3 is 3.00 bits per heavy atom. The zero-order valence-electron chi connectivity index (χ0n) is 13.6. The number of hydrogen-bond donors (Lipinski definition) is 2. The molecule has 0 saturated carbocycles. The fourth-order valence-electron chi connectivity index (χ4n) is 2.87. The van der Waals surface area contributed by atoms with Crippen LogP contribution in [0.5, 0.6) is 0 Å². The van der Waals surface area contributed by atoms with E-state index in [0.29, 0.717) is 13.1 Å². The summed E-state index contributed by atoms with van der Waals surface area (Å²) in [6.45, 7) is 5.89. The molecule has 0 bridgehead atoms. The van der Waals surface area contributed by atoms with Crippen molar-refractivity contribution in [2.24, 2.45) is 11.7 Å². The van der Waals surface area contributed by atoms with Gasteiger partial charge in [0, 0.05) is 37.6 Å². The molecular weight excluding hydrogens is 304 g/mol. The van der Waals surface area contributed by atoms with Crippen LogP contribution in [0.1, 0.15) is 18.4 Å². The number of aromatic nitrogens is 3. The smallest absolute Gasteiger partial charge is 0.222 e. The van der Waals surface area contributed by atoms with Gasteiger partial charge in [0.15, 0.2) is 0 Å². The first-order valence-corrected chi connectivity index (χ1v) is 8.05. The Hall–Kier alpha value is -2.83. The van der Waals surface area contributed by atoms with E-state index in [4.69, 9.17) is 5.73 Å². The fourth-order valence-corrected chi connectivity index (χ4v) is 2.87. The van der Waals surface area contributed by atoms with Crippen molar-refractivity contribution in [2.75, 3.05) is 23.3 Å². The summed E-state index contributed by atoms with van der Waals surface area (Å²) in [7, 11) is 0. The molecule has 1 aliphatic heterocycles. The highest BCUT2D eigenvalue weighted by Crippen LogP contribution is 2.22. The molecule has 126 valence electrons. The van der Waals surface area contributed by atoms with Crippen LogP contribution in [0.2, 0.25) is 0 Å². The second-order valence-electron chi connectivity index (χ2n) is 5.96. The summed E-state index contributed by atoms with van der Waals surface area (Å²) < 4.78 is 1.67. The van der Waals surface area contributed by atoms with Gasteiger partial charge in [0.25, 0.3) is 0 Å². The van der Waals surface area contributed by atoms with E-state index in [-0.39, 0.29) is 11.8 Å². The second kappa shape index (κ2) is 7.16. The monoisotopic (exact) mass is 326 g/mol. The minimum absolute atomic E-state index is 0.0836. The van der Waals surface area contributed by atoms with Crippen molar-refractivity contribution in [1.82, 2.24) is 14.8 Å². The molecule has 1 unspecified atom stereocenters. The van der Waals surface area contributed by atoms with Gasteiger partial charge in [-0.3, -0.25) is 4.79 Å². The normalized spacial score (nSPS) is 17.5. The van der Waals surface area contributed by atoms with Crippen molar-refractivity contribution < 1.29 is 4.79 Å². The lowest BCUT2D eigenvalue weighted by molar-refractivity contribution is -0.122. The number of nitrogens with two attached hydrogens (primary N) is 1. The summed E-state index contributed by atoms with van der Waals surface area (Å²) in [5.74, 6) is 0.573. The lowest BCUT2D eigenvalue weighted by Gasteiger charge is -2.32. The molecule has 0 aliphatic carbocycles. The number of carbonyl (C=O) groups excluding carboxylic acids is 1. The van der Waals surface area contributed by atoms with E-state index in [2.05, 4.69) is 26.9 Å². The van der Waals surface area contributed by atoms with Crippen LogP contribution in [0.4, 0.5) is 11.5 Å². The van der Waals surface area contributed by atoms with Gasteiger partial charge in [-0.15, -0.1) is 0 Å². The molecule has 24 heavy (non-hydrogen) atoms. The number of piperidine rings is 1. The van der Waals surface area contributed by atoms with Crippen molar-refractivity contribution >= 4 is 23.6 Å². The highest BCUT2D eigenvalue weighted by atomic mass is 16.1. The molecule has 2 aromatic rings. The van der Waals surface area contributed by atoms with Crippen molar-refractivity contribution in [3.8, 4) is 0 Å². The molecule has 1 aliphatic rings. The zero-order chi connectivity index (χ0) is 16.9. The summed E-state index contributed by atoms with van der Waals surface area (Å²) in [5, 5.41) is 7.45. The van der Waals surface area contributed by atoms with E-state index in [1.165, 1.54) is 0 Å². The van der Waals surface area contributed by atoms with Gasteiger partial charge in [-0.25, -0.2) is 9.67 Å². The molecule has 1 fully saturated rings. The Kier molecular flexibility index (Phi) is 4.79. The third-order valence-electron chi connectivity index (χ3n) is 4.23. The highest BCUT2D eigenvalue weighted by molar-refractivity contribution is 5.77. The highest BCUT2D eigenvalue weighted by Gasteiger charge is 2.24. The van der Waals surface area contributed by atoms with E-state index in [0.717, 1.165) is 36.5 Å². The van der Waals surface area contributed by atoms with Crippen LogP contribution in [-0.4, -0.2) is 33.8 Å². The lowest BCUT2D eigenvalue weighted by atomic mass is 9.97. The third-order valence-corrected chi connectivity index (χ3v) is 4.23. The van der Waals surface area contributed by atoms with Crippen molar-refractivity contribution in [3.63, 3.8) is 0 Å². The predicted octanol–water partition coefficient (Wildman–Crippen LogP) is 1.69. The summed E-state index contributed by atoms with van der Waals surface area (Å²) >= 11 is 0. The average Bonchev–Trinajstić information content (AvgIpc) is 3.08. The van der Waals surface area contributed by atoms with E-state index < -0.39 is 0 Å². The molecule has 3 rings (SSSR count). The Morgan fingerprint density at radius 2 is 2.33 bits per heavy atom. The van der Waals surface area contributed by atoms with Gasteiger partial charge in [0.1, 0.15) is 5.82 Å². The number of amides is 1.